The van der Waals surface area contributed by atoms with Crippen LogP contribution in [0.5, 0.6) is 5.75 Å². The number of rotatable bonds is 2. The second-order valence-corrected chi connectivity index (χ2v) is 9.24. The average Bonchev–Trinajstić information content (AvgIpc) is 3.42. The van der Waals surface area contributed by atoms with E-state index in [1.807, 2.05) is 0 Å². The minimum Gasteiger partial charge on any atom is -0.497 e. The van der Waals surface area contributed by atoms with E-state index in [9.17, 15) is 0 Å². The fourth-order valence-corrected chi connectivity index (χ4v) is 6.22. The Morgan fingerprint density at radius 3 is 1.53 bits per heavy atom. The van der Waals surface area contributed by atoms with Gasteiger partial charge in [0.05, 0.1) is 7.11 Å². The van der Waals surface area contributed by atoms with Gasteiger partial charge in [0.25, 0.3) is 0 Å². The van der Waals surface area contributed by atoms with Crippen LogP contribution in [0.4, 0.5) is 0 Å². The third-order valence-electron chi connectivity index (χ3n) is 7.64. The maximum absolute atomic E-state index is 5.57. The molecule has 34 heavy (non-hydrogen) atoms. The molecule has 0 atom stereocenters. The summed E-state index contributed by atoms with van der Waals surface area (Å²) in [5.74, 6) is 0.902. The lowest BCUT2D eigenvalue weighted by Gasteiger charge is -2.07. The first-order valence-electron chi connectivity index (χ1n) is 11.7. The highest BCUT2D eigenvalue weighted by molar-refractivity contribution is 6.47. The maximum Gasteiger partial charge on any atom is 0.119 e. The molecule has 0 aliphatic carbocycles. The summed E-state index contributed by atoms with van der Waals surface area (Å²) in [6, 6.07) is 37.7. The summed E-state index contributed by atoms with van der Waals surface area (Å²) in [4.78, 5) is 0. The van der Waals surface area contributed by atoms with Crippen molar-refractivity contribution >= 4 is 64.6 Å². The van der Waals surface area contributed by atoms with Crippen molar-refractivity contribution in [3.63, 3.8) is 0 Å². The summed E-state index contributed by atoms with van der Waals surface area (Å²) in [6.45, 7) is 0. The fraction of sp³-hybridized carbons (Fsp3) is 0.0303. The predicted molar refractivity (Wildman–Crippen MR) is 146 cm³/mol. The molecule has 0 aromatic heterocycles. The molecule has 0 bridgehead atoms. The van der Waals surface area contributed by atoms with Crippen LogP contribution in [0, 0.1) is 0 Å². The molecule has 0 heterocycles. The van der Waals surface area contributed by atoms with E-state index >= 15 is 0 Å². The summed E-state index contributed by atoms with van der Waals surface area (Å²) in [7, 11) is 1.74. The highest BCUT2D eigenvalue weighted by Crippen LogP contribution is 2.50. The molecular formula is C33H20O. The van der Waals surface area contributed by atoms with Crippen LogP contribution in [0.2, 0.25) is 0 Å². The van der Waals surface area contributed by atoms with Crippen molar-refractivity contribution in [2.24, 2.45) is 0 Å². The van der Waals surface area contributed by atoms with Crippen LogP contribution in [0.3, 0.4) is 0 Å². The normalized spacial score (nSPS) is 12.3. The monoisotopic (exact) mass is 432 g/mol. The topological polar surface area (TPSA) is 9.23 Å². The first-order valence-corrected chi connectivity index (χ1v) is 11.7. The minimum absolute atomic E-state index is 0.902. The number of methoxy groups -OCH3 is 1. The van der Waals surface area contributed by atoms with Crippen LogP contribution in [-0.2, 0) is 0 Å². The molecule has 0 saturated carbocycles. The Kier molecular flexibility index (Phi) is 3.39. The molecule has 8 rings (SSSR count). The fourth-order valence-electron chi connectivity index (χ4n) is 6.22. The van der Waals surface area contributed by atoms with E-state index in [2.05, 4.69) is 103 Å². The van der Waals surface area contributed by atoms with E-state index in [1.54, 1.807) is 7.11 Å². The number of ether oxygens (including phenoxy) is 1. The van der Waals surface area contributed by atoms with Gasteiger partial charge in [-0.25, -0.2) is 0 Å². The minimum atomic E-state index is 0.902. The van der Waals surface area contributed by atoms with Gasteiger partial charge in [-0.3, -0.25) is 0 Å². The van der Waals surface area contributed by atoms with Crippen LogP contribution in [0.1, 0.15) is 0 Å². The van der Waals surface area contributed by atoms with Gasteiger partial charge in [-0.15, -0.1) is 0 Å². The van der Waals surface area contributed by atoms with E-state index in [0.29, 0.717) is 0 Å². The molecule has 0 saturated heterocycles. The molecule has 1 heteroatoms. The van der Waals surface area contributed by atoms with Crippen molar-refractivity contribution < 1.29 is 4.74 Å². The highest BCUT2D eigenvalue weighted by Gasteiger charge is 2.21. The van der Waals surface area contributed by atoms with Gasteiger partial charge in [0, 0.05) is 0 Å². The molecule has 1 nitrogen and oxygen atoms in total. The first-order chi connectivity index (χ1) is 16.8. The van der Waals surface area contributed by atoms with E-state index in [1.165, 1.54) is 75.8 Å². The zero-order chi connectivity index (χ0) is 22.4. The van der Waals surface area contributed by atoms with Crippen LogP contribution in [-0.4, -0.2) is 7.11 Å². The standard InChI is InChI=1S/C33H20O/c1-34-21-14-16-25-29(18-21)23-10-6-12-27-31(23)33(25)26-11-5-9-22-28-17-20(19-7-3-2-4-8-19)13-15-24(28)32(27)30(22)26/h2-18H,1H3. The summed E-state index contributed by atoms with van der Waals surface area (Å²) in [5, 5.41) is 16.1. The SMILES string of the molecule is COc1ccc2c(c1)c1cccc3c1c2c1cccc2c4cc(-c5ccccc5)ccc4c3c21. The van der Waals surface area contributed by atoms with E-state index in [-0.39, 0.29) is 0 Å². The van der Waals surface area contributed by atoms with Crippen LogP contribution >= 0.6 is 0 Å². The molecule has 0 aliphatic rings. The number of fused-ring (bicyclic) bond motifs is 8. The van der Waals surface area contributed by atoms with Crippen molar-refractivity contribution in [3.8, 4) is 16.9 Å². The van der Waals surface area contributed by atoms with Gasteiger partial charge in [-0.05, 0) is 94.0 Å². The van der Waals surface area contributed by atoms with Gasteiger partial charge in [-0.1, -0.05) is 84.9 Å². The largest absolute Gasteiger partial charge is 0.497 e. The molecule has 0 spiro atoms. The predicted octanol–water partition coefficient (Wildman–Crippen LogP) is 9.16. The molecule has 0 N–H and O–H groups in total. The van der Waals surface area contributed by atoms with Crippen molar-refractivity contribution in [3.05, 3.63) is 103 Å². The maximum atomic E-state index is 5.57. The van der Waals surface area contributed by atoms with E-state index in [0.717, 1.165) is 5.75 Å². The molecule has 0 aliphatic heterocycles. The lowest BCUT2D eigenvalue weighted by Crippen LogP contribution is -1.80. The van der Waals surface area contributed by atoms with E-state index in [4.69, 9.17) is 4.74 Å². The van der Waals surface area contributed by atoms with Crippen molar-refractivity contribution in [2.45, 2.75) is 0 Å². The molecular weight excluding hydrogens is 412 g/mol. The third kappa shape index (κ3) is 2.14. The quantitative estimate of drug-likeness (QED) is 0.247. The zero-order valence-corrected chi connectivity index (χ0v) is 18.7. The number of benzene rings is 6. The molecule has 0 amide bonds. The second kappa shape index (κ2) is 6.36. The summed E-state index contributed by atoms with van der Waals surface area (Å²) >= 11 is 0. The second-order valence-electron chi connectivity index (χ2n) is 9.24. The lowest BCUT2D eigenvalue weighted by atomic mass is 9.95. The van der Waals surface area contributed by atoms with Gasteiger partial charge in [0.15, 0.2) is 0 Å². The van der Waals surface area contributed by atoms with Gasteiger partial charge >= 0.3 is 0 Å². The smallest absolute Gasteiger partial charge is 0.119 e. The molecule has 0 unspecified atom stereocenters. The van der Waals surface area contributed by atoms with Gasteiger partial charge in [0.2, 0.25) is 0 Å². The third-order valence-corrected chi connectivity index (χ3v) is 7.64. The Hall–Kier alpha value is -4.36. The van der Waals surface area contributed by atoms with Crippen molar-refractivity contribution in [1.29, 1.82) is 0 Å². The Morgan fingerprint density at radius 1 is 0.382 bits per heavy atom. The van der Waals surface area contributed by atoms with Crippen LogP contribution < -0.4 is 4.74 Å². The lowest BCUT2D eigenvalue weighted by molar-refractivity contribution is 0.415. The molecule has 8 aromatic rings. The summed E-state index contributed by atoms with van der Waals surface area (Å²) < 4.78 is 5.57. The zero-order valence-electron chi connectivity index (χ0n) is 18.7. The Labute approximate surface area is 196 Å². The Balaban J connectivity index is 1.62. The highest BCUT2D eigenvalue weighted by atomic mass is 16.5. The van der Waals surface area contributed by atoms with Gasteiger partial charge < -0.3 is 4.74 Å². The molecule has 158 valence electrons. The van der Waals surface area contributed by atoms with Crippen LogP contribution in [0.25, 0.3) is 75.8 Å². The van der Waals surface area contributed by atoms with E-state index < -0.39 is 0 Å². The summed E-state index contributed by atoms with van der Waals surface area (Å²) in [6.07, 6.45) is 0. The number of hydrogen-bond acceptors (Lipinski definition) is 1. The van der Waals surface area contributed by atoms with Crippen molar-refractivity contribution in [2.75, 3.05) is 7.11 Å². The Morgan fingerprint density at radius 2 is 0.912 bits per heavy atom. The van der Waals surface area contributed by atoms with Gasteiger partial charge in [0.1, 0.15) is 5.75 Å². The van der Waals surface area contributed by atoms with Crippen LogP contribution in [0.15, 0.2) is 103 Å². The number of hydrogen-bond donors (Lipinski definition) is 0. The average molecular weight is 433 g/mol. The van der Waals surface area contributed by atoms with Gasteiger partial charge in [-0.2, -0.15) is 0 Å². The molecule has 0 fully saturated rings. The van der Waals surface area contributed by atoms with Crippen molar-refractivity contribution in [1.82, 2.24) is 0 Å². The Bertz CT molecular complexity index is 2030. The first kappa shape index (κ1) is 18.1. The molecule has 8 aromatic carbocycles. The summed E-state index contributed by atoms with van der Waals surface area (Å²) in [5.41, 5.74) is 2.52. The molecule has 0 radical (unpaired) electrons.